The van der Waals surface area contributed by atoms with E-state index in [9.17, 15) is 8.78 Å². The molecule has 0 aliphatic carbocycles. The fraction of sp³-hybridized carbons (Fsp3) is 0.228. The third-order valence-corrected chi connectivity index (χ3v) is 17.6. The number of halogens is 2. The van der Waals surface area contributed by atoms with Gasteiger partial charge in [0, 0.05) is 194 Å². The van der Waals surface area contributed by atoms with E-state index in [0.717, 1.165) is 122 Å². The van der Waals surface area contributed by atoms with Crippen molar-refractivity contribution in [3.05, 3.63) is 267 Å². The van der Waals surface area contributed by atoms with Gasteiger partial charge in [-0.15, -0.1) is 0 Å². The number of fused-ring (bicyclic) bond motifs is 12. The van der Waals surface area contributed by atoms with Crippen LogP contribution in [0.5, 0.6) is 0 Å². The second-order valence-electron chi connectivity index (χ2n) is 24.3. The van der Waals surface area contributed by atoms with Crippen LogP contribution < -0.4 is 0 Å². The molecule has 0 N–H and O–H groups in total. The van der Waals surface area contributed by atoms with Crippen LogP contribution in [0.2, 0.25) is 0 Å². The van der Waals surface area contributed by atoms with Gasteiger partial charge in [-0.3, -0.25) is 28.2 Å². The molecule has 12 aromatic rings. The maximum Gasteiger partial charge on any atom is 0.148 e. The molecule has 13 heteroatoms. The molecule has 16 rings (SSSR count). The summed E-state index contributed by atoms with van der Waals surface area (Å²) in [6.07, 6.45) is 12.6. The minimum absolute atomic E-state index is 0.201. The summed E-state index contributed by atoms with van der Waals surface area (Å²) in [5.41, 5.74) is 20.5. The lowest BCUT2D eigenvalue weighted by molar-refractivity contribution is 0.311. The number of para-hydroxylation sites is 1. The molecule has 11 heterocycles. The van der Waals surface area contributed by atoms with Gasteiger partial charge in [0.05, 0.1) is 22.1 Å². The van der Waals surface area contributed by atoms with Crippen LogP contribution in [0.1, 0.15) is 78.5 Å². The van der Waals surface area contributed by atoms with Crippen LogP contribution in [0.25, 0.3) is 43.6 Å². The first-order valence-electron chi connectivity index (χ1n) is 31.4. The summed E-state index contributed by atoms with van der Waals surface area (Å²) in [7, 11) is 8.56. The Balaban J connectivity index is 0.000000112. The Hall–Kier alpha value is -10.4. The lowest BCUT2D eigenvalue weighted by Gasteiger charge is -2.23. The third-order valence-electron chi connectivity index (χ3n) is 17.6. The van der Waals surface area contributed by atoms with Crippen LogP contribution in [0, 0.1) is 73.3 Å². The Kier molecular flexibility index (Phi) is 17.8. The van der Waals surface area contributed by atoms with Crippen molar-refractivity contribution < 1.29 is 8.78 Å². The largest absolute Gasteiger partial charge is 0.302 e. The van der Waals surface area contributed by atoms with Crippen LogP contribution in [-0.2, 0) is 51.9 Å². The second-order valence-corrected chi connectivity index (χ2v) is 24.3. The van der Waals surface area contributed by atoms with Crippen molar-refractivity contribution in [2.24, 2.45) is 0 Å². The Bertz CT molecular complexity index is 4590. The number of rotatable bonds is 0. The van der Waals surface area contributed by atoms with Crippen molar-refractivity contribution in [2.45, 2.75) is 65.7 Å². The highest BCUT2D eigenvalue weighted by Gasteiger charge is 2.26. The van der Waals surface area contributed by atoms with E-state index in [1.807, 2.05) is 81.9 Å². The molecule has 92 heavy (non-hydrogen) atoms. The summed E-state index contributed by atoms with van der Waals surface area (Å²) < 4.78 is 36.4. The molecule has 0 amide bonds. The zero-order chi connectivity index (χ0) is 63.2. The van der Waals surface area contributed by atoms with Gasteiger partial charge in [0.15, 0.2) is 0 Å². The van der Waals surface area contributed by atoms with Gasteiger partial charge in [-0.1, -0.05) is 59.7 Å². The third kappa shape index (κ3) is 13.0. The predicted molar refractivity (Wildman–Crippen MR) is 366 cm³/mol. The predicted octanol–water partition coefficient (Wildman–Crippen LogP) is 13.0. The topological polar surface area (TPSA) is 71.4 Å². The zero-order valence-corrected chi connectivity index (χ0v) is 52.9. The monoisotopic (exact) mass is 1210 g/mol. The van der Waals surface area contributed by atoms with Gasteiger partial charge < -0.3 is 19.6 Å². The van der Waals surface area contributed by atoms with E-state index in [2.05, 4.69) is 182 Å². The molecule has 0 radical (unpaired) electrons. The quantitative estimate of drug-likeness (QED) is 0.140. The molecular weight excluding hydrogens is 1140 g/mol. The number of hydrogen-bond donors (Lipinski definition) is 0. The standard InChI is InChI=1S/C21H20N2.C20H19N3.2C19H16FN3/c1-16-8-9-20-18(14-16)19-15-22(2)12-11-21(19)23(20)13-10-17-6-4-3-5-7-17;1-15-6-7-19-17(13-15)18-14-22(2)11-9-20(18)23(19)12-8-16-5-3-4-10-21-16;1-22-10-8-18-16(13-22)15-5-2-6-17(20)19(15)23(18)11-7-14-4-3-9-21-12-14;1-22-10-7-19-17(13-22)16-12-15(20)2-3-18(16)23(19)11-6-14-4-8-21-9-5-14/h3-9,14H,11-12,15H2,1-2H3;3-7,10,13H,9,11,14H2,1-2H3;2-6,9,12H,8,10,13H2,1H3;2-5,8-9,12H,7,10,13H2,1H3. The first-order valence-corrected chi connectivity index (χ1v) is 31.4. The molecule has 0 bridgehead atoms. The molecule has 456 valence electrons. The summed E-state index contributed by atoms with van der Waals surface area (Å²) in [5, 5.41) is 4.62. The molecule has 4 aliphatic heterocycles. The average molecular weight is 1210 g/mol. The molecule has 5 aromatic carbocycles. The molecule has 0 fully saturated rings. The Labute approximate surface area is 537 Å². The summed E-state index contributed by atoms with van der Waals surface area (Å²) in [5.74, 6) is 12.4. The van der Waals surface area contributed by atoms with Crippen molar-refractivity contribution in [2.75, 3.05) is 54.4 Å². The minimum Gasteiger partial charge on any atom is -0.302 e. The molecule has 0 atom stereocenters. The maximum atomic E-state index is 14.4. The van der Waals surface area contributed by atoms with Crippen LogP contribution in [-0.4, -0.2) is 107 Å². The van der Waals surface area contributed by atoms with Crippen LogP contribution >= 0.6 is 0 Å². The van der Waals surface area contributed by atoms with Crippen molar-refractivity contribution in [1.29, 1.82) is 0 Å². The smallest absolute Gasteiger partial charge is 0.148 e. The molecule has 0 spiro atoms. The number of benzene rings is 5. The van der Waals surface area contributed by atoms with E-state index in [1.165, 1.54) is 84.4 Å². The van der Waals surface area contributed by atoms with Crippen molar-refractivity contribution in [1.82, 2.24) is 52.8 Å². The van der Waals surface area contributed by atoms with Crippen LogP contribution in [0.4, 0.5) is 8.78 Å². The summed E-state index contributed by atoms with van der Waals surface area (Å²) >= 11 is 0. The fourth-order valence-electron chi connectivity index (χ4n) is 13.0. The zero-order valence-electron chi connectivity index (χ0n) is 52.9. The number of aryl methyl sites for hydroxylation is 2. The van der Waals surface area contributed by atoms with Crippen LogP contribution in [0.15, 0.2) is 177 Å². The fourth-order valence-corrected chi connectivity index (χ4v) is 13.0. The molecule has 11 nitrogen and oxygen atoms in total. The number of likely N-dealkylation sites (N-methyl/N-ethyl adjacent to an activating group) is 4. The summed E-state index contributed by atoms with van der Waals surface area (Å²) in [4.78, 5) is 21.7. The number of nitrogens with zero attached hydrogens (tertiary/aromatic N) is 11. The van der Waals surface area contributed by atoms with Gasteiger partial charge >= 0.3 is 0 Å². The molecule has 4 aliphatic rings. The lowest BCUT2D eigenvalue weighted by atomic mass is 10.0. The van der Waals surface area contributed by atoms with Crippen molar-refractivity contribution in [3.8, 4) is 47.9 Å². The van der Waals surface area contributed by atoms with Gasteiger partial charge in [0.1, 0.15) is 17.3 Å². The van der Waals surface area contributed by atoms with E-state index in [-0.39, 0.29) is 11.6 Å². The lowest BCUT2D eigenvalue weighted by Crippen LogP contribution is -2.27. The molecule has 0 saturated carbocycles. The average Bonchev–Trinajstić information content (AvgIpc) is 1.67. The number of pyridine rings is 3. The molecular formula is C79H71F2N11. The highest BCUT2D eigenvalue weighted by Crippen LogP contribution is 2.35. The van der Waals surface area contributed by atoms with E-state index in [0.29, 0.717) is 5.52 Å². The Morgan fingerprint density at radius 1 is 0.380 bits per heavy atom. The highest BCUT2D eigenvalue weighted by atomic mass is 19.1. The number of aromatic nitrogens is 7. The van der Waals surface area contributed by atoms with E-state index < -0.39 is 0 Å². The van der Waals surface area contributed by atoms with Gasteiger partial charge in [-0.05, 0) is 185 Å². The van der Waals surface area contributed by atoms with Gasteiger partial charge in [0.2, 0.25) is 0 Å². The van der Waals surface area contributed by atoms with Gasteiger partial charge in [0.25, 0.3) is 0 Å². The van der Waals surface area contributed by atoms with Crippen molar-refractivity contribution in [3.63, 3.8) is 0 Å². The van der Waals surface area contributed by atoms with Crippen LogP contribution in [0.3, 0.4) is 0 Å². The molecule has 7 aromatic heterocycles. The first kappa shape index (κ1) is 60.6. The molecule has 0 saturated heterocycles. The molecule has 0 unspecified atom stereocenters. The summed E-state index contributed by atoms with van der Waals surface area (Å²) in [6, 6.07) is 60.2. The van der Waals surface area contributed by atoms with E-state index >= 15 is 0 Å². The van der Waals surface area contributed by atoms with Gasteiger partial charge in [-0.2, -0.15) is 0 Å². The van der Waals surface area contributed by atoms with E-state index in [1.54, 1.807) is 43.1 Å². The Morgan fingerprint density at radius 3 is 1.38 bits per heavy atom. The van der Waals surface area contributed by atoms with E-state index in [4.69, 9.17) is 0 Å². The van der Waals surface area contributed by atoms with Gasteiger partial charge in [-0.25, -0.2) is 13.8 Å². The summed E-state index contributed by atoms with van der Waals surface area (Å²) in [6.45, 7) is 12.1. The van der Waals surface area contributed by atoms with Crippen molar-refractivity contribution >= 4 is 43.6 Å². The maximum absolute atomic E-state index is 14.4. The normalized spacial score (nSPS) is 14.3. The highest BCUT2D eigenvalue weighted by molar-refractivity contribution is 5.90. The second kappa shape index (κ2) is 27.0. The SMILES string of the molecule is CN1CCc2c(c3cc(F)ccc3n2C#Cc2ccncc2)C1.CN1CCc2c(c3cccc(F)c3n2C#Cc2cccnc2)C1.Cc1ccc2c(c1)c1c(n2C#Cc2ccccc2)CCN(C)C1.Cc1ccc2c(c1)c1c(n2C#Cc2ccccn2)CCN(C)C1. The Morgan fingerprint density at radius 2 is 0.848 bits per heavy atom. The number of hydrogen-bond acceptors (Lipinski definition) is 7. The first-order chi connectivity index (χ1) is 44.9. The minimum atomic E-state index is -0.222.